The Hall–Kier alpha value is -4.23. The van der Waals surface area contributed by atoms with Crippen LogP contribution in [-0.4, -0.2) is 48.7 Å². The molecule has 212 valence electrons. The molecule has 1 fully saturated rings. The number of ether oxygens (including phenoxy) is 1. The van der Waals surface area contributed by atoms with E-state index in [-0.39, 0.29) is 17.8 Å². The molecule has 2 heterocycles. The third-order valence-electron chi connectivity index (χ3n) is 6.83. The van der Waals surface area contributed by atoms with E-state index in [0.717, 1.165) is 22.5 Å². The average molecular weight is 572 g/mol. The summed E-state index contributed by atoms with van der Waals surface area (Å²) < 4.78 is 11.5. The molecule has 0 atom stereocenters. The van der Waals surface area contributed by atoms with Crippen molar-refractivity contribution < 1.29 is 18.7 Å². The van der Waals surface area contributed by atoms with Gasteiger partial charge in [-0.1, -0.05) is 41.9 Å². The van der Waals surface area contributed by atoms with Crippen molar-refractivity contribution in [2.24, 2.45) is 0 Å². The Morgan fingerprint density at radius 2 is 1.51 bits per heavy atom. The van der Waals surface area contributed by atoms with Gasteiger partial charge in [0, 0.05) is 48.1 Å². The van der Waals surface area contributed by atoms with Gasteiger partial charge < -0.3 is 23.9 Å². The predicted molar refractivity (Wildman–Crippen MR) is 163 cm³/mol. The first-order valence-corrected chi connectivity index (χ1v) is 14.1. The van der Waals surface area contributed by atoms with E-state index in [9.17, 15) is 9.59 Å². The molecule has 0 N–H and O–H groups in total. The van der Waals surface area contributed by atoms with Gasteiger partial charge in [-0.3, -0.25) is 4.79 Å². The summed E-state index contributed by atoms with van der Waals surface area (Å²) in [7, 11) is 0. The first-order chi connectivity index (χ1) is 19.7. The minimum absolute atomic E-state index is 0.229. The summed E-state index contributed by atoms with van der Waals surface area (Å²) >= 11 is 6.03. The van der Waals surface area contributed by atoms with Gasteiger partial charge in [0.2, 0.25) is 0 Å². The Kier molecular flexibility index (Phi) is 8.36. The molecule has 2 amide bonds. The summed E-state index contributed by atoms with van der Waals surface area (Å²) in [5, 5.41) is 0.638. The number of piperazine rings is 1. The Balaban J connectivity index is 1.32. The maximum atomic E-state index is 13.8. The molecule has 7 nitrogen and oxygen atoms in total. The quantitative estimate of drug-likeness (QED) is 0.240. The number of benzene rings is 3. The number of amides is 2. The van der Waals surface area contributed by atoms with Gasteiger partial charge >= 0.3 is 6.09 Å². The number of anilines is 2. The second kappa shape index (κ2) is 12.1. The Morgan fingerprint density at radius 3 is 2.15 bits per heavy atom. The standard InChI is InChI=1S/C33H34ClN3O4/c1-33(2,3)41-32(39)36-21-19-35(20-22-36)27-13-15-28(16-14-27)37(23-24-7-5-4-6-8-24)31(38)30-18-17-29(40-30)25-9-11-26(34)12-10-25/h4-18H,19-23H2,1-3H3. The predicted octanol–water partition coefficient (Wildman–Crippen LogP) is 7.50. The highest BCUT2D eigenvalue weighted by molar-refractivity contribution is 6.30. The van der Waals surface area contributed by atoms with Gasteiger partial charge in [0.05, 0.1) is 6.54 Å². The fraction of sp³-hybridized carbons (Fsp3) is 0.273. The third kappa shape index (κ3) is 7.11. The molecule has 0 spiro atoms. The van der Waals surface area contributed by atoms with E-state index in [2.05, 4.69) is 4.90 Å². The molecule has 8 heteroatoms. The van der Waals surface area contributed by atoms with Crippen LogP contribution in [0.25, 0.3) is 11.3 Å². The van der Waals surface area contributed by atoms with E-state index < -0.39 is 5.60 Å². The zero-order chi connectivity index (χ0) is 29.0. The minimum Gasteiger partial charge on any atom is -0.451 e. The molecule has 3 aromatic carbocycles. The van der Waals surface area contributed by atoms with E-state index in [0.29, 0.717) is 43.5 Å². The lowest BCUT2D eigenvalue weighted by Gasteiger charge is -2.37. The van der Waals surface area contributed by atoms with Crippen molar-refractivity contribution in [3.8, 4) is 11.3 Å². The van der Waals surface area contributed by atoms with Crippen LogP contribution >= 0.6 is 11.6 Å². The van der Waals surface area contributed by atoms with Gasteiger partial charge in [-0.05, 0) is 87.0 Å². The van der Waals surface area contributed by atoms with Crippen molar-refractivity contribution in [2.45, 2.75) is 32.9 Å². The fourth-order valence-electron chi connectivity index (χ4n) is 4.72. The van der Waals surface area contributed by atoms with Crippen molar-refractivity contribution in [3.63, 3.8) is 0 Å². The number of hydrogen-bond donors (Lipinski definition) is 0. The molecule has 0 unspecified atom stereocenters. The Labute approximate surface area is 245 Å². The van der Waals surface area contributed by atoms with E-state index in [1.807, 2.05) is 87.5 Å². The first-order valence-electron chi connectivity index (χ1n) is 13.7. The molecule has 0 radical (unpaired) electrons. The minimum atomic E-state index is -0.514. The van der Waals surface area contributed by atoms with Crippen LogP contribution < -0.4 is 9.80 Å². The van der Waals surface area contributed by atoms with Crippen LogP contribution in [0.4, 0.5) is 16.2 Å². The van der Waals surface area contributed by atoms with Gasteiger partial charge in [-0.25, -0.2) is 4.79 Å². The second-order valence-electron chi connectivity index (χ2n) is 11.0. The lowest BCUT2D eigenvalue weighted by molar-refractivity contribution is 0.0240. The van der Waals surface area contributed by atoms with Gasteiger partial charge in [0.1, 0.15) is 11.4 Å². The first kappa shape index (κ1) is 28.3. The second-order valence-corrected chi connectivity index (χ2v) is 11.5. The molecule has 1 aliphatic heterocycles. The van der Waals surface area contributed by atoms with E-state index >= 15 is 0 Å². The largest absolute Gasteiger partial charge is 0.451 e. The van der Waals surface area contributed by atoms with Crippen LogP contribution in [0.2, 0.25) is 5.02 Å². The molecule has 1 aromatic heterocycles. The molecule has 0 aliphatic carbocycles. The molecule has 0 bridgehead atoms. The molecule has 1 aliphatic rings. The molecule has 0 saturated carbocycles. The van der Waals surface area contributed by atoms with Crippen molar-refractivity contribution >= 4 is 35.0 Å². The monoisotopic (exact) mass is 571 g/mol. The van der Waals surface area contributed by atoms with Crippen LogP contribution in [0.1, 0.15) is 36.9 Å². The van der Waals surface area contributed by atoms with Crippen LogP contribution in [0.5, 0.6) is 0 Å². The van der Waals surface area contributed by atoms with Crippen molar-refractivity contribution in [1.29, 1.82) is 0 Å². The Morgan fingerprint density at radius 1 is 0.854 bits per heavy atom. The summed E-state index contributed by atoms with van der Waals surface area (Å²) in [6.07, 6.45) is -0.278. The molecule has 41 heavy (non-hydrogen) atoms. The van der Waals surface area contributed by atoms with Crippen LogP contribution in [0.15, 0.2) is 95.4 Å². The lowest BCUT2D eigenvalue weighted by Crippen LogP contribution is -2.50. The van der Waals surface area contributed by atoms with Gasteiger partial charge in [0.15, 0.2) is 5.76 Å². The lowest BCUT2D eigenvalue weighted by atomic mass is 10.1. The van der Waals surface area contributed by atoms with E-state index in [1.165, 1.54) is 0 Å². The molecular formula is C33H34ClN3O4. The van der Waals surface area contributed by atoms with Crippen LogP contribution in [0.3, 0.4) is 0 Å². The van der Waals surface area contributed by atoms with Gasteiger partial charge in [-0.15, -0.1) is 0 Å². The summed E-state index contributed by atoms with van der Waals surface area (Å²) in [5.41, 5.74) is 3.14. The number of carbonyl (C=O) groups excluding carboxylic acids is 2. The van der Waals surface area contributed by atoms with Crippen molar-refractivity contribution in [2.75, 3.05) is 36.0 Å². The highest BCUT2D eigenvalue weighted by atomic mass is 35.5. The average Bonchev–Trinajstić information content (AvgIpc) is 3.46. The fourth-order valence-corrected chi connectivity index (χ4v) is 4.84. The molecule has 1 saturated heterocycles. The van der Waals surface area contributed by atoms with Gasteiger partial charge in [-0.2, -0.15) is 0 Å². The third-order valence-corrected chi connectivity index (χ3v) is 7.08. The highest BCUT2D eigenvalue weighted by Crippen LogP contribution is 2.28. The summed E-state index contributed by atoms with van der Waals surface area (Å²) in [6.45, 7) is 8.59. The van der Waals surface area contributed by atoms with E-state index in [1.54, 1.807) is 34.1 Å². The molecule has 4 aromatic rings. The van der Waals surface area contributed by atoms with Crippen LogP contribution in [0, 0.1) is 0 Å². The van der Waals surface area contributed by atoms with Crippen molar-refractivity contribution in [3.05, 3.63) is 107 Å². The number of furan rings is 1. The summed E-state index contributed by atoms with van der Waals surface area (Å²) in [6, 6.07) is 28.7. The smallest absolute Gasteiger partial charge is 0.410 e. The molecular weight excluding hydrogens is 538 g/mol. The summed E-state index contributed by atoms with van der Waals surface area (Å²) in [5.74, 6) is 0.631. The number of hydrogen-bond acceptors (Lipinski definition) is 5. The molecule has 5 rings (SSSR count). The Bertz CT molecular complexity index is 1470. The zero-order valence-electron chi connectivity index (χ0n) is 23.5. The van der Waals surface area contributed by atoms with Crippen LogP contribution in [-0.2, 0) is 11.3 Å². The number of carbonyl (C=O) groups is 2. The number of nitrogens with zero attached hydrogens (tertiary/aromatic N) is 3. The zero-order valence-corrected chi connectivity index (χ0v) is 24.3. The SMILES string of the molecule is CC(C)(C)OC(=O)N1CCN(c2ccc(N(Cc3ccccc3)C(=O)c3ccc(-c4ccc(Cl)cc4)o3)cc2)CC1. The highest BCUT2D eigenvalue weighted by Gasteiger charge is 2.27. The maximum Gasteiger partial charge on any atom is 0.410 e. The normalized spacial score (nSPS) is 13.7. The number of halogens is 1. The van der Waals surface area contributed by atoms with Gasteiger partial charge in [0.25, 0.3) is 5.91 Å². The van der Waals surface area contributed by atoms with Crippen molar-refractivity contribution in [1.82, 2.24) is 4.90 Å². The maximum absolute atomic E-state index is 13.8. The number of rotatable bonds is 6. The van der Waals surface area contributed by atoms with E-state index in [4.69, 9.17) is 20.8 Å². The topological polar surface area (TPSA) is 66.2 Å². The summed E-state index contributed by atoms with van der Waals surface area (Å²) in [4.78, 5) is 31.9.